The summed E-state index contributed by atoms with van der Waals surface area (Å²) in [4.78, 5) is 4.50. The highest BCUT2D eigenvalue weighted by Gasteiger charge is 2.04. The van der Waals surface area contributed by atoms with Gasteiger partial charge in [0, 0.05) is 0 Å². The SMILES string of the molecule is CCCCC(C)ON(O)O. The van der Waals surface area contributed by atoms with Crippen LogP contribution in [0.25, 0.3) is 0 Å². The molecule has 0 aliphatic carbocycles. The van der Waals surface area contributed by atoms with E-state index in [1.54, 1.807) is 6.92 Å². The van der Waals surface area contributed by atoms with Gasteiger partial charge in [0.1, 0.15) is 0 Å². The standard InChI is InChI=1S/C6H15NO3/c1-3-4-5-6(2)10-7(8)9/h6,8-9H,3-5H2,1-2H3. The van der Waals surface area contributed by atoms with Crippen molar-refractivity contribution in [2.45, 2.75) is 39.2 Å². The molecule has 1 atom stereocenters. The van der Waals surface area contributed by atoms with Crippen molar-refractivity contribution in [3.8, 4) is 0 Å². The Balaban J connectivity index is 3.16. The van der Waals surface area contributed by atoms with Gasteiger partial charge in [-0.15, -0.1) is 0 Å². The average Bonchev–Trinajstić information content (AvgIpc) is 1.82. The quantitative estimate of drug-likeness (QED) is 0.583. The van der Waals surface area contributed by atoms with Crippen LogP contribution in [0.4, 0.5) is 0 Å². The van der Waals surface area contributed by atoms with Crippen LogP contribution in [0.15, 0.2) is 0 Å². The molecule has 0 bridgehead atoms. The predicted octanol–water partition coefficient (Wildman–Crippen LogP) is 1.58. The summed E-state index contributed by atoms with van der Waals surface area (Å²) >= 11 is 0. The Morgan fingerprint density at radius 2 is 2.10 bits per heavy atom. The van der Waals surface area contributed by atoms with E-state index >= 15 is 0 Å². The summed E-state index contributed by atoms with van der Waals surface area (Å²) < 4.78 is 0. The van der Waals surface area contributed by atoms with E-state index in [0.29, 0.717) is 0 Å². The number of rotatable bonds is 5. The highest BCUT2D eigenvalue weighted by atomic mass is 17.1. The van der Waals surface area contributed by atoms with E-state index in [1.807, 2.05) is 0 Å². The predicted molar refractivity (Wildman–Crippen MR) is 35.5 cm³/mol. The minimum atomic E-state index is -0.236. The number of unbranched alkanes of at least 4 members (excludes halogenated alkanes) is 1. The van der Waals surface area contributed by atoms with E-state index in [4.69, 9.17) is 10.4 Å². The highest BCUT2D eigenvalue weighted by molar-refractivity contribution is 4.46. The molecule has 0 radical (unpaired) electrons. The summed E-state index contributed by atoms with van der Waals surface area (Å²) in [7, 11) is 0. The van der Waals surface area contributed by atoms with Gasteiger partial charge in [-0.05, 0) is 13.3 Å². The lowest BCUT2D eigenvalue weighted by Crippen LogP contribution is -2.21. The van der Waals surface area contributed by atoms with Crippen molar-refractivity contribution in [2.75, 3.05) is 0 Å². The van der Waals surface area contributed by atoms with Crippen LogP contribution in [0.3, 0.4) is 0 Å². The van der Waals surface area contributed by atoms with Crippen LogP contribution in [0.1, 0.15) is 33.1 Å². The molecule has 0 aromatic carbocycles. The van der Waals surface area contributed by atoms with E-state index in [-0.39, 0.29) is 11.5 Å². The number of hydrogen-bond acceptors (Lipinski definition) is 4. The first kappa shape index (κ1) is 9.84. The minimum absolute atomic E-state index is 0.130. The van der Waals surface area contributed by atoms with Crippen LogP contribution in [0, 0.1) is 0 Å². The van der Waals surface area contributed by atoms with E-state index in [9.17, 15) is 0 Å². The number of nitrogens with zero attached hydrogens (tertiary/aromatic N) is 1. The minimum Gasteiger partial charge on any atom is -0.266 e. The van der Waals surface area contributed by atoms with Gasteiger partial charge < -0.3 is 0 Å². The number of hydrogen-bond donors (Lipinski definition) is 2. The van der Waals surface area contributed by atoms with Crippen LogP contribution < -0.4 is 0 Å². The Bertz CT molecular complexity index is 77.4. The van der Waals surface area contributed by atoms with Gasteiger partial charge in [-0.25, -0.2) is 4.84 Å². The molecule has 4 nitrogen and oxygen atoms in total. The Morgan fingerprint density at radius 3 is 2.50 bits per heavy atom. The molecule has 0 saturated heterocycles. The summed E-state index contributed by atoms with van der Waals surface area (Å²) in [6.07, 6.45) is 2.84. The van der Waals surface area contributed by atoms with E-state index in [0.717, 1.165) is 19.3 Å². The van der Waals surface area contributed by atoms with Gasteiger partial charge in [0.25, 0.3) is 0 Å². The van der Waals surface area contributed by atoms with Crippen molar-refractivity contribution in [3.63, 3.8) is 0 Å². The molecule has 0 fully saturated rings. The van der Waals surface area contributed by atoms with Crippen molar-refractivity contribution < 1.29 is 15.3 Å². The molecule has 0 aliphatic heterocycles. The molecule has 0 spiro atoms. The van der Waals surface area contributed by atoms with Crippen molar-refractivity contribution in [3.05, 3.63) is 0 Å². The Labute approximate surface area is 60.9 Å². The third-order valence-electron chi connectivity index (χ3n) is 1.24. The first-order chi connectivity index (χ1) is 4.66. The molecule has 0 rings (SSSR count). The largest absolute Gasteiger partial charge is 0.266 e. The third-order valence-corrected chi connectivity index (χ3v) is 1.24. The molecule has 0 heterocycles. The monoisotopic (exact) mass is 149 g/mol. The van der Waals surface area contributed by atoms with Crippen LogP contribution >= 0.6 is 0 Å². The Hall–Kier alpha value is -0.160. The van der Waals surface area contributed by atoms with Gasteiger partial charge in [0.2, 0.25) is 0 Å². The second kappa shape index (κ2) is 5.61. The summed E-state index contributed by atoms with van der Waals surface area (Å²) in [5.74, 6) is 0. The summed E-state index contributed by atoms with van der Waals surface area (Å²) in [5, 5.41) is 16.1. The smallest absolute Gasteiger partial charge is 0.0816 e. The van der Waals surface area contributed by atoms with Gasteiger partial charge in [-0.1, -0.05) is 19.8 Å². The lowest BCUT2D eigenvalue weighted by Gasteiger charge is -2.12. The zero-order chi connectivity index (χ0) is 7.98. The maximum absolute atomic E-state index is 8.19. The van der Waals surface area contributed by atoms with Gasteiger partial charge >= 0.3 is 0 Å². The van der Waals surface area contributed by atoms with Crippen molar-refractivity contribution in [1.29, 1.82) is 0 Å². The van der Waals surface area contributed by atoms with Crippen LogP contribution in [0.5, 0.6) is 0 Å². The fraction of sp³-hybridized carbons (Fsp3) is 1.00. The van der Waals surface area contributed by atoms with Crippen molar-refractivity contribution >= 4 is 0 Å². The van der Waals surface area contributed by atoms with E-state index in [2.05, 4.69) is 11.8 Å². The van der Waals surface area contributed by atoms with Crippen LogP contribution in [-0.4, -0.2) is 21.9 Å². The molecule has 0 aromatic heterocycles. The first-order valence-electron chi connectivity index (χ1n) is 3.51. The van der Waals surface area contributed by atoms with Crippen molar-refractivity contribution in [2.24, 2.45) is 0 Å². The lowest BCUT2D eigenvalue weighted by atomic mass is 10.2. The fourth-order valence-electron chi connectivity index (χ4n) is 0.705. The molecule has 2 N–H and O–H groups in total. The molecule has 62 valence electrons. The molecule has 0 aliphatic rings. The maximum atomic E-state index is 8.19. The Morgan fingerprint density at radius 1 is 1.50 bits per heavy atom. The molecule has 4 heteroatoms. The second-order valence-electron chi connectivity index (χ2n) is 2.31. The highest BCUT2D eigenvalue weighted by Crippen LogP contribution is 2.03. The van der Waals surface area contributed by atoms with Crippen LogP contribution in [-0.2, 0) is 4.84 Å². The normalized spacial score (nSPS) is 14.1. The van der Waals surface area contributed by atoms with Gasteiger partial charge in [-0.2, -0.15) is 0 Å². The fourth-order valence-corrected chi connectivity index (χ4v) is 0.705. The molecule has 0 saturated carbocycles. The molecule has 0 amide bonds. The topological polar surface area (TPSA) is 52.9 Å². The molecule has 10 heavy (non-hydrogen) atoms. The molecule has 1 unspecified atom stereocenters. The van der Waals surface area contributed by atoms with Crippen LogP contribution in [0.2, 0.25) is 0 Å². The molecule has 0 aromatic rings. The molecular formula is C6H15NO3. The Kier molecular flexibility index (Phi) is 5.52. The molecular weight excluding hydrogens is 134 g/mol. The third kappa shape index (κ3) is 5.97. The zero-order valence-corrected chi connectivity index (χ0v) is 6.45. The maximum Gasteiger partial charge on any atom is 0.0816 e. The average molecular weight is 149 g/mol. The first-order valence-corrected chi connectivity index (χ1v) is 3.51. The van der Waals surface area contributed by atoms with Gasteiger partial charge in [0.15, 0.2) is 0 Å². The summed E-state index contributed by atoms with van der Waals surface area (Å²) in [6, 6.07) is 0. The van der Waals surface area contributed by atoms with Crippen molar-refractivity contribution in [1.82, 2.24) is 5.39 Å². The zero-order valence-electron chi connectivity index (χ0n) is 6.45. The van der Waals surface area contributed by atoms with Gasteiger partial charge in [-0.3, -0.25) is 10.4 Å². The van der Waals surface area contributed by atoms with E-state index < -0.39 is 0 Å². The lowest BCUT2D eigenvalue weighted by molar-refractivity contribution is -0.503. The summed E-state index contributed by atoms with van der Waals surface area (Å²) in [6.45, 7) is 3.86. The second-order valence-corrected chi connectivity index (χ2v) is 2.31. The summed E-state index contributed by atoms with van der Waals surface area (Å²) in [5.41, 5.74) is 0. The van der Waals surface area contributed by atoms with Gasteiger partial charge in [0.05, 0.1) is 11.5 Å². The van der Waals surface area contributed by atoms with E-state index in [1.165, 1.54) is 0 Å².